The smallest absolute Gasteiger partial charge is 0.0645 e. The average molecular weight is 240 g/mol. The summed E-state index contributed by atoms with van der Waals surface area (Å²) in [6.45, 7) is 2.14. The molecule has 0 unspecified atom stereocenters. The Hall–Kier alpha value is -1.57. The average Bonchev–Trinajstić information content (AvgIpc) is 2.83. The van der Waals surface area contributed by atoms with Crippen molar-refractivity contribution in [2.24, 2.45) is 0 Å². The second kappa shape index (κ2) is 4.97. The van der Waals surface area contributed by atoms with Crippen LogP contribution in [0.15, 0.2) is 36.5 Å². The Morgan fingerprint density at radius 1 is 1.06 bits per heavy atom. The molecule has 2 nitrogen and oxygen atoms in total. The molecule has 1 aromatic carbocycles. The van der Waals surface area contributed by atoms with Gasteiger partial charge in [-0.2, -0.15) is 5.10 Å². The van der Waals surface area contributed by atoms with Gasteiger partial charge in [0.1, 0.15) is 0 Å². The van der Waals surface area contributed by atoms with Crippen LogP contribution in [-0.4, -0.2) is 9.78 Å². The first kappa shape index (κ1) is 11.5. The lowest BCUT2D eigenvalue weighted by molar-refractivity contribution is 0.442. The van der Waals surface area contributed by atoms with Crippen molar-refractivity contribution >= 4 is 0 Å². The molecule has 18 heavy (non-hydrogen) atoms. The summed E-state index contributed by atoms with van der Waals surface area (Å²) in [4.78, 5) is 0. The van der Waals surface area contributed by atoms with Gasteiger partial charge in [0.05, 0.1) is 11.4 Å². The Bertz CT molecular complexity index is 507. The maximum Gasteiger partial charge on any atom is 0.0645 e. The van der Waals surface area contributed by atoms with Crippen LogP contribution in [0.25, 0.3) is 5.69 Å². The molecule has 1 aromatic heterocycles. The zero-order valence-corrected chi connectivity index (χ0v) is 11.0. The summed E-state index contributed by atoms with van der Waals surface area (Å²) in [6, 6.07) is 10.4. The van der Waals surface area contributed by atoms with Gasteiger partial charge in [-0.25, -0.2) is 4.68 Å². The number of nitrogens with zero attached hydrogens (tertiary/aromatic N) is 2. The van der Waals surface area contributed by atoms with Gasteiger partial charge in [-0.1, -0.05) is 37.5 Å². The first-order valence-electron chi connectivity index (χ1n) is 6.96. The van der Waals surface area contributed by atoms with E-state index in [-0.39, 0.29) is 0 Å². The molecule has 1 fully saturated rings. The number of aryl methyl sites for hydroxylation is 1. The van der Waals surface area contributed by atoms with E-state index in [0.29, 0.717) is 0 Å². The number of rotatable bonds is 2. The van der Waals surface area contributed by atoms with Gasteiger partial charge in [0.25, 0.3) is 0 Å². The molecule has 0 aliphatic heterocycles. The van der Waals surface area contributed by atoms with E-state index in [9.17, 15) is 0 Å². The zero-order valence-electron chi connectivity index (χ0n) is 11.0. The third-order valence-electron chi connectivity index (χ3n) is 4.00. The standard InChI is InChI=1S/C16H20N2/c1-13-16(14-8-4-2-5-9-14)12-18(17-13)15-10-6-3-7-11-15/h3,6-7,10-12,14H,2,4-5,8-9H2,1H3. The lowest BCUT2D eigenvalue weighted by Gasteiger charge is -2.20. The molecule has 0 amide bonds. The highest BCUT2D eigenvalue weighted by Crippen LogP contribution is 2.34. The number of aromatic nitrogens is 2. The van der Waals surface area contributed by atoms with Crippen molar-refractivity contribution in [2.75, 3.05) is 0 Å². The van der Waals surface area contributed by atoms with Crippen LogP contribution in [0.2, 0.25) is 0 Å². The Balaban J connectivity index is 1.91. The number of hydrogen-bond donors (Lipinski definition) is 0. The lowest BCUT2D eigenvalue weighted by atomic mass is 9.84. The monoisotopic (exact) mass is 240 g/mol. The summed E-state index contributed by atoms with van der Waals surface area (Å²) in [6.07, 6.45) is 9.06. The van der Waals surface area contributed by atoms with Crippen molar-refractivity contribution < 1.29 is 0 Å². The predicted octanol–water partition coefficient (Wildman–Crippen LogP) is 4.23. The van der Waals surface area contributed by atoms with Crippen molar-refractivity contribution in [3.63, 3.8) is 0 Å². The maximum atomic E-state index is 4.67. The summed E-state index contributed by atoms with van der Waals surface area (Å²) in [5, 5.41) is 4.67. The molecule has 3 rings (SSSR count). The van der Waals surface area contributed by atoms with Crippen LogP contribution in [0.1, 0.15) is 49.3 Å². The fourth-order valence-electron chi connectivity index (χ4n) is 3.00. The van der Waals surface area contributed by atoms with Crippen LogP contribution < -0.4 is 0 Å². The third kappa shape index (κ3) is 2.20. The van der Waals surface area contributed by atoms with Crippen LogP contribution in [0.3, 0.4) is 0 Å². The Labute approximate surface area is 109 Å². The van der Waals surface area contributed by atoms with Crippen LogP contribution in [0.4, 0.5) is 0 Å². The van der Waals surface area contributed by atoms with Crippen LogP contribution in [-0.2, 0) is 0 Å². The molecule has 1 saturated carbocycles. The molecule has 0 spiro atoms. The van der Waals surface area contributed by atoms with Gasteiger partial charge in [0.15, 0.2) is 0 Å². The van der Waals surface area contributed by atoms with E-state index in [4.69, 9.17) is 0 Å². The molecule has 0 atom stereocenters. The van der Waals surface area contributed by atoms with Crippen LogP contribution in [0.5, 0.6) is 0 Å². The molecule has 0 bridgehead atoms. The highest BCUT2D eigenvalue weighted by atomic mass is 15.3. The van der Waals surface area contributed by atoms with E-state index < -0.39 is 0 Å². The first-order chi connectivity index (χ1) is 8.84. The van der Waals surface area contributed by atoms with Gasteiger partial charge >= 0.3 is 0 Å². The summed E-state index contributed by atoms with van der Waals surface area (Å²) < 4.78 is 2.03. The van der Waals surface area contributed by atoms with Gasteiger partial charge in [0.2, 0.25) is 0 Å². The summed E-state index contributed by atoms with van der Waals surface area (Å²) in [7, 11) is 0. The third-order valence-corrected chi connectivity index (χ3v) is 4.00. The van der Waals surface area contributed by atoms with Crippen LogP contribution >= 0.6 is 0 Å². The molecule has 0 radical (unpaired) electrons. The molecule has 0 N–H and O–H groups in total. The summed E-state index contributed by atoms with van der Waals surface area (Å²) >= 11 is 0. The second-order valence-electron chi connectivity index (χ2n) is 5.28. The molecular formula is C16H20N2. The van der Waals surface area contributed by atoms with Crippen LogP contribution in [0, 0.1) is 6.92 Å². The minimum atomic E-state index is 0.733. The van der Waals surface area contributed by atoms with Gasteiger partial charge in [-0.05, 0) is 43.4 Å². The topological polar surface area (TPSA) is 17.8 Å². The molecule has 1 heterocycles. The summed E-state index contributed by atoms with van der Waals surface area (Å²) in [5.74, 6) is 0.733. The SMILES string of the molecule is Cc1nn(-c2ccccc2)cc1C1CCCCC1. The van der Waals surface area contributed by atoms with Crippen molar-refractivity contribution in [1.82, 2.24) is 9.78 Å². The van der Waals surface area contributed by atoms with Gasteiger partial charge < -0.3 is 0 Å². The molecule has 1 aliphatic carbocycles. The molecule has 0 saturated heterocycles. The summed E-state index contributed by atoms with van der Waals surface area (Å²) in [5.41, 5.74) is 3.81. The molecule has 2 heteroatoms. The normalized spacial score (nSPS) is 16.9. The molecule has 2 aromatic rings. The van der Waals surface area contributed by atoms with Crippen molar-refractivity contribution in [3.8, 4) is 5.69 Å². The van der Waals surface area contributed by atoms with Gasteiger partial charge in [0, 0.05) is 6.20 Å². The highest BCUT2D eigenvalue weighted by Gasteiger charge is 2.19. The predicted molar refractivity (Wildman–Crippen MR) is 74.1 cm³/mol. The Morgan fingerprint density at radius 3 is 2.50 bits per heavy atom. The molecule has 1 aliphatic rings. The number of hydrogen-bond acceptors (Lipinski definition) is 1. The number of para-hydroxylation sites is 1. The fourth-order valence-corrected chi connectivity index (χ4v) is 3.00. The van der Waals surface area contributed by atoms with Crippen molar-refractivity contribution in [2.45, 2.75) is 44.9 Å². The van der Waals surface area contributed by atoms with Crippen molar-refractivity contribution in [3.05, 3.63) is 47.8 Å². The van der Waals surface area contributed by atoms with E-state index in [0.717, 1.165) is 11.6 Å². The van der Waals surface area contributed by atoms with E-state index in [2.05, 4.69) is 42.5 Å². The van der Waals surface area contributed by atoms with E-state index in [1.54, 1.807) is 0 Å². The van der Waals surface area contributed by atoms with Gasteiger partial charge in [-0.3, -0.25) is 0 Å². The lowest BCUT2D eigenvalue weighted by Crippen LogP contribution is -2.04. The minimum absolute atomic E-state index is 0.733. The van der Waals surface area contributed by atoms with E-state index in [1.807, 2.05) is 10.7 Å². The molecular weight excluding hydrogens is 220 g/mol. The van der Waals surface area contributed by atoms with Gasteiger partial charge in [-0.15, -0.1) is 0 Å². The van der Waals surface area contributed by atoms with E-state index >= 15 is 0 Å². The number of benzene rings is 1. The second-order valence-corrected chi connectivity index (χ2v) is 5.28. The largest absolute Gasteiger partial charge is 0.240 e. The van der Waals surface area contributed by atoms with Crippen molar-refractivity contribution in [1.29, 1.82) is 0 Å². The Kier molecular flexibility index (Phi) is 3.18. The minimum Gasteiger partial charge on any atom is -0.240 e. The quantitative estimate of drug-likeness (QED) is 0.768. The fraction of sp³-hybridized carbons (Fsp3) is 0.438. The zero-order chi connectivity index (χ0) is 12.4. The first-order valence-corrected chi connectivity index (χ1v) is 6.96. The molecule has 94 valence electrons. The van der Waals surface area contributed by atoms with E-state index in [1.165, 1.54) is 43.4 Å². The highest BCUT2D eigenvalue weighted by molar-refractivity contribution is 5.33. The Morgan fingerprint density at radius 2 is 1.78 bits per heavy atom. The maximum absolute atomic E-state index is 4.67.